The molecule has 0 aromatic heterocycles. The van der Waals surface area contributed by atoms with E-state index >= 15 is 0 Å². The van der Waals surface area contributed by atoms with E-state index in [1.165, 1.54) is 4.90 Å². The quantitative estimate of drug-likeness (QED) is 0.316. The predicted octanol–water partition coefficient (Wildman–Crippen LogP) is 5.77. The minimum absolute atomic E-state index is 0.0435. The van der Waals surface area contributed by atoms with E-state index < -0.39 is 24.5 Å². The number of rotatable bonds is 8. The van der Waals surface area contributed by atoms with Crippen molar-refractivity contribution >= 4 is 23.7 Å². The Hall–Kier alpha value is -4.91. The first-order valence-corrected chi connectivity index (χ1v) is 12.3. The van der Waals surface area contributed by atoms with E-state index in [2.05, 4.69) is 29.6 Å². The third kappa shape index (κ3) is 5.42. The number of ether oxygens (including phenoxy) is 1. The Balaban J connectivity index is 1.21. The lowest BCUT2D eigenvalue weighted by molar-refractivity contribution is -0.137. The predicted molar refractivity (Wildman–Crippen MR) is 144 cm³/mol. The molecule has 7 heteroatoms. The smallest absolute Gasteiger partial charge is 0.411 e. The number of hydrogen-bond acceptors (Lipinski definition) is 4. The van der Waals surface area contributed by atoms with Crippen molar-refractivity contribution in [2.24, 2.45) is 0 Å². The van der Waals surface area contributed by atoms with Gasteiger partial charge in [-0.3, -0.25) is 14.9 Å². The highest BCUT2D eigenvalue weighted by molar-refractivity contribution is 5.96. The molecule has 190 valence electrons. The molecule has 5 rings (SSSR count). The molecule has 0 atom stereocenters. The second-order valence-electron chi connectivity index (χ2n) is 9.07. The van der Waals surface area contributed by atoms with Gasteiger partial charge in [0, 0.05) is 23.7 Å². The Morgan fingerprint density at radius 3 is 1.95 bits per heavy atom. The number of carbonyl (C=O) groups is 3. The molecule has 1 aliphatic carbocycles. The fraction of sp³-hybridized carbons (Fsp3) is 0.129. The number of amides is 2. The van der Waals surface area contributed by atoms with Gasteiger partial charge in [0.15, 0.2) is 0 Å². The van der Waals surface area contributed by atoms with Crippen LogP contribution >= 0.6 is 0 Å². The molecule has 0 fully saturated rings. The van der Waals surface area contributed by atoms with Gasteiger partial charge in [-0.1, -0.05) is 78.9 Å². The Bertz CT molecular complexity index is 1420. The normalized spacial score (nSPS) is 11.8. The molecule has 0 unspecified atom stereocenters. The zero-order valence-electron chi connectivity index (χ0n) is 20.5. The van der Waals surface area contributed by atoms with E-state index in [4.69, 9.17) is 4.74 Å². The van der Waals surface area contributed by atoms with Crippen molar-refractivity contribution in [1.82, 2.24) is 4.90 Å². The number of carbonyl (C=O) groups excluding carboxylic acids is 2. The van der Waals surface area contributed by atoms with Crippen molar-refractivity contribution in [2.75, 3.05) is 18.5 Å². The van der Waals surface area contributed by atoms with Gasteiger partial charge in [0.2, 0.25) is 0 Å². The first kappa shape index (κ1) is 24.8. The first-order chi connectivity index (χ1) is 18.5. The van der Waals surface area contributed by atoms with Crippen LogP contribution in [0, 0.1) is 0 Å². The van der Waals surface area contributed by atoms with E-state index in [0.717, 1.165) is 27.8 Å². The van der Waals surface area contributed by atoms with Gasteiger partial charge in [0.1, 0.15) is 13.2 Å². The van der Waals surface area contributed by atoms with Crippen LogP contribution in [0.4, 0.5) is 10.5 Å². The minimum atomic E-state index is -1.09. The number of anilines is 1. The summed E-state index contributed by atoms with van der Waals surface area (Å²) in [6, 6.07) is 31.7. The minimum Gasteiger partial charge on any atom is -0.480 e. The summed E-state index contributed by atoms with van der Waals surface area (Å²) in [5.74, 6) is -1.55. The second kappa shape index (κ2) is 11.0. The maximum absolute atomic E-state index is 13.0. The molecule has 4 aromatic carbocycles. The number of fused-ring (bicyclic) bond motifs is 3. The zero-order chi connectivity index (χ0) is 26.5. The lowest BCUT2D eigenvalue weighted by Crippen LogP contribution is -2.35. The van der Waals surface area contributed by atoms with Crippen LogP contribution in [0.15, 0.2) is 103 Å². The molecule has 0 saturated heterocycles. The Morgan fingerprint density at radius 2 is 1.34 bits per heavy atom. The van der Waals surface area contributed by atoms with E-state index in [0.29, 0.717) is 11.3 Å². The first-order valence-electron chi connectivity index (χ1n) is 12.3. The third-order valence-corrected chi connectivity index (χ3v) is 6.55. The lowest BCUT2D eigenvalue weighted by Gasteiger charge is -2.21. The molecule has 0 radical (unpaired) electrons. The molecular formula is C31H26N2O5. The lowest BCUT2D eigenvalue weighted by atomic mass is 9.98. The number of nitrogens with one attached hydrogen (secondary N) is 1. The molecule has 7 nitrogen and oxygen atoms in total. The van der Waals surface area contributed by atoms with Crippen molar-refractivity contribution in [2.45, 2.75) is 12.5 Å². The molecule has 0 heterocycles. The van der Waals surface area contributed by atoms with Gasteiger partial charge in [0.05, 0.1) is 0 Å². The van der Waals surface area contributed by atoms with Crippen molar-refractivity contribution < 1.29 is 24.2 Å². The van der Waals surface area contributed by atoms with E-state index in [9.17, 15) is 19.5 Å². The highest BCUT2D eigenvalue weighted by Crippen LogP contribution is 2.44. The van der Waals surface area contributed by atoms with Crippen LogP contribution in [-0.4, -0.2) is 41.1 Å². The van der Waals surface area contributed by atoms with E-state index in [-0.39, 0.29) is 19.1 Å². The Kier molecular flexibility index (Phi) is 7.17. The molecule has 4 aromatic rings. The molecule has 1 aliphatic rings. The Labute approximate surface area is 220 Å². The van der Waals surface area contributed by atoms with Gasteiger partial charge in [-0.25, -0.2) is 4.79 Å². The third-order valence-electron chi connectivity index (χ3n) is 6.55. The van der Waals surface area contributed by atoms with Crippen molar-refractivity contribution in [3.05, 3.63) is 125 Å². The van der Waals surface area contributed by atoms with Gasteiger partial charge < -0.3 is 14.7 Å². The van der Waals surface area contributed by atoms with Crippen molar-refractivity contribution in [3.8, 4) is 11.1 Å². The summed E-state index contributed by atoms with van der Waals surface area (Å²) in [5, 5.41) is 12.0. The average Bonchev–Trinajstić information content (AvgIpc) is 3.25. The average molecular weight is 507 g/mol. The highest BCUT2D eigenvalue weighted by atomic mass is 16.5. The highest BCUT2D eigenvalue weighted by Gasteiger charge is 2.29. The number of nitrogens with zero attached hydrogens (tertiary/aromatic N) is 1. The SMILES string of the molecule is O=C(O)CN(Cc1ccccc1)C(=O)c1ccc(NC(=O)OCC2c3ccccc3-c3ccccc32)cc1. The van der Waals surface area contributed by atoms with Crippen LogP contribution in [0.2, 0.25) is 0 Å². The van der Waals surface area contributed by atoms with Crippen LogP contribution in [0.1, 0.15) is 33.0 Å². The van der Waals surface area contributed by atoms with Crippen LogP contribution in [0.5, 0.6) is 0 Å². The fourth-order valence-corrected chi connectivity index (χ4v) is 4.80. The summed E-state index contributed by atoms with van der Waals surface area (Å²) in [4.78, 5) is 38.2. The van der Waals surface area contributed by atoms with Gasteiger partial charge in [0.25, 0.3) is 5.91 Å². The van der Waals surface area contributed by atoms with Gasteiger partial charge in [-0.2, -0.15) is 0 Å². The van der Waals surface area contributed by atoms with Crippen LogP contribution in [0.3, 0.4) is 0 Å². The molecule has 2 N–H and O–H groups in total. The molecule has 0 spiro atoms. The van der Waals surface area contributed by atoms with Crippen LogP contribution in [-0.2, 0) is 16.1 Å². The Morgan fingerprint density at radius 1 is 0.763 bits per heavy atom. The second-order valence-corrected chi connectivity index (χ2v) is 9.07. The summed E-state index contributed by atoms with van der Waals surface area (Å²) in [6.07, 6.45) is -0.595. The van der Waals surface area contributed by atoms with Gasteiger partial charge in [-0.05, 0) is 52.1 Å². The fourth-order valence-electron chi connectivity index (χ4n) is 4.80. The molecule has 0 bridgehead atoms. The van der Waals surface area contributed by atoms with Gasteiger partial charge in [-0.15, -0.1) is 0 Å². The number of carboxylic acids is 1. The standard InChI is InChI=1S/C31H26N2O5/c34-29(35)19-33(18-21-8-2-1-3-9-21)30(36)22-14-16-23(17-15-22)32-31(37)38-20-28-26-12-6-4-10-24(26)25-11-5-7-13-27(25)28/h1-17,28H,18-20H2,(H,32,37)(H,34,35). The number of aliphatic carboxylic acids is 1. The maximum Gasteiger partial charge on any atom is 0.411 e. The molecule has 2 amide bonds. The topological polar surface area (TPSA) is 95.9 Å². The zero-order valence-corrected chi connectivity index (χ0v) is 20.5. The van der Waals surface area contributed by atoms with Crippen molar-refractivity contribution in [1.29, 1.82) is 0 Å². The van der Waals surface area contributed by atoms with Crippen molar-refractivity contribution in [3.63, 3.8) is 0 Å². The molecule has 38 heavy (non-hydrogen) atoms. The van der Waals surface area contributed by atoms with Crippen LogP contribution in [0.25, 0.3) is 11.1 Å². The van der Waals surface area contributed by atoms with E-state index in [1.807, 2.05) is 54.6 Å². The summed E-state index contributed by atoms with van der Waals surface area (Å²) >= 11 is 0. The molecule has 0 aliphatic heterocycles. The number of carboxylic acid groups (broad SMARTS) is 1. The maximum atomic E-state index is 13.0. The molecule has 0 saturated carbocycles. The summed E-state index contributed by atoms with van der Waals surface area (Å²) < 4.78 is 5.58. The number of hydrogen-bond donors (Lipinski definition) is 2. The summed E-state index contributed by atoms with van der Waals surface area (Å²) in [7, 11) is 0. The monoisotopic (exact) mass is 506 g/mol. The van der Waals surface area contributed by atoms with Crippen LogP contribution < -0.4 is 5.32 Å². The number of benzene rings is 4. The molecular weight excluding hydrogens is 480 g/mol. The van der Waals surface area contributed by atoms with E-state index in [1.54, 1.807) is 24.3 Å². The summed E-state index contributed by atoms with van der Waals surface area (Å²) in [5.41, 5.74) is 6.18. The summed E-state index contributed by atoms with van der Waals surface area (Å²) in [6.45, 7) is -0.0563. The van der Waals surface area contributed by atoms with Gasteiger partial charge >= 0.3 is 12.1 Å². The largest absolute Gasteiger partial charge is 0.480 e.